The zero-order valence-corrected chi connectivity index (χ0v) is 16.8. The number of nitrogens with two attached hydrogens (primary N) is 1. The zero-order chi connectivity index (χ0) is 19.8. The molecule has 2 aromatic rings. The second-order valence-corrected chi connectivity index (χ2v) is 7.95. The van der Waals surface area contributed by atoms with Crippen LogP contribution in [0.1, 0.15) is 42.4 Å². The smallest absolute Gasteiger partial charge is 0.118 e. The van der Waals surface area contributed by atoms with E-state index in [1.165, 1.54) is 36.8 Å². The largest absolute Gasteiger partial charge is 0.497 e. The molecule has 1 saturated carbocycles. The van der Waals surface area contributed by atoms with E-state index in [9.17, 15) is 0 Å². The first-order chi connectivity index (χ1) is 13.7. The standard InChI is InChI=1S/C24H31N3O/c1-28-24-12-10-23(11-13-24)18-27(16-21-6-2-19(14-25)3-7-21)17-22-8-4-20(15-26)5-9-22/h2-3,6-7,10-13,20,22H,4-5,8-9,15-18,26H2,1H3. The topological polar surface area (TPSA) is 62.3 Å². The highest BCUT2D eigenvalue weighted by Crippen LogP contribution is 2.29. The summed E-state index contributed by atoms with van der Waals surface area (Å²) in [4.78, 5) is 2.54. The Hall–Kier alpha value is -2.35. The third-order valence-corrected chi connectivity index (χ3v) is 5.87. The Balaban J connectivity index is 1.67. The molecule has 0 radical (unpaired) electrons. The Bertz CT molecular complexity index is 756. The van der Waals surface area contributed by atoms with Crippen LogP contribution in [0.3, 0.4) is 0 Å². The third-order valence-electron chi connectivity index (χ3n) is 5.87. The van der Waals surface area contributed by atoms with Crippen molar-refractivity contribution >= 4 is 0 Å². The average Bonchev–Trinajstić information content (AvgIpc) is 2.75. The molecule has 0 saturated heterocycles. The molecule has 1 aliphatic rings. The Labute approximate surface area is 168 Å². The Morgan fingerprint density at radius 2 is 1.46 bits per heavy atom. The van der Waals surface area contributed by atoms with Crippen LogP contribution in [0.4, 0.5) is 0 Å². The number of hydrogen-bond donors (Lipinski definition) is 1. The lowest BCUT2D eigenvalue weighted by Crippen LogP contribution is -2.32. The first-order valence-electron chi connectivity index (χ1n) is 10.2. The van der Waals surface area contributed by atoms with Crippen LogP contribution in [-0.4, -0.2) is 25.1 Å². The maximum atomic E-state index is 9.03. The summed E-state index contributed by atoms with van der Waals surface area (Å²) in [5.41, 5.74) is 9.12. The number of nitrogens with zero attached hydrogens (tertiary/aromatic N) is 2. The molecule has 0 heterocycles. The molecule has 4 nitrogen and oxygen atoms in total. The van der Waals surface area contributed by atoms with E-state index in [1.807, 2.05) is 24.3 Å². The van der Waals surface area contributed by atoms with Crippen molar-refractivity contribution in [2.45, 2.75) is 38.8 Å². The van der Waals surface area contributed by atoms with Crippen LogP contribution in [0.15, 0.2) is 48.5 Å². The molecule has 0 aromatic heterocycles. The van der Waals surface area contributed by atoms with Crippen molar-refractivity contribution in [3.63, 3.8) is 0 Å². The fourth-order valence-electron chi connectivity index (χ4n) is 4.13. The van der Waals surface area contributed by atoms with Crippen LogP contribution >= 0.6 is 0 Å². The van der Waals surface area contributed by atoms with Gasteiger partial charge in [0.15, 0.2) is 0 Å². The summed E-state index contributed by atoms with van der Waals surface area (Å²) >= 11 is 0. The summed E-state index contributed by atoms with van der Waals surface area (Å²) in [6, 6.07) is 18.5. The fourth-order valence-corrected chi connectivity index (χ4v) is 4.13. The Morgan fingerprint density at radius 3 is 1.96 bits per heavy atom. The number of rotatable bonds is 8. The molecular formula is C24H31N3O. The van der Waals surface area contributed by atoms with E-state index in [1.54, 1.807) is 7.11 Å². The predicted octanol–water partition coefficient (Wildman–Crippen LogP) is 4.33. The molecule has 2 N–H and O–H groups in total. The summed E-state index contributed by atoms with van der Waals surface area (Å²) < 4.78 is 5.28. The third kappa shape index (κ3) is 5.82. The van der Waals surface area contributed by atoms with E-state index in [4.69, 9.17) is 15.7 Å². The molecule has 148 valence electrons. The Kier molecular flexibility index (Phi) is 7.47. The van der Waals surface area contributed by atoms with Crippen molar-refractivity contribution < 1.29 is 4.74 Å². The molecule has 0 unspecified atom stereocenters. The van der Waals surface area contributed by atoms with E-state index in [0.717, 1.165) is 37.8 Å². The predicted molar refractivity (Wildman–Crippen MR) is 113 cm³/mol. The van der Waals surface area contributed by atoms with Crippen LogP contribution in [0.2, 0.25) is 0 Å². The monoisotopic (exact) mass is 377 g/mol. The highest BCUT2D eigenvalue weighted by Gasteiger charge is 2.22. The van der Waals surface area contributed by atoms with Crippen molar-refractivity contribution in [3.8, 4) is 11.8 Å². The minimum Gasteiger partial charge on any atom is -0.497 e. The number of methoxy groups -OCH3 is 1. The first-order valence-corrected chi connectivity index (χ1v) is 10.2. The van der Waals surface area contributed by atoms with Gasteiger partial charge in [0.25, 0.3) is 0 Å². The normalized spacial score (nSPS) is 19.4. The maximum Gasteiger partial charge on any atom is 0.118 e. The molecule has 1 aliphatic carbocycles. The van der Waals surface area contributed by atoms with Gasteiger partial charge in [0, 0.05) is 19.6 Å². The lowest BCUT2D eigenvalue weighted by atomic mass is 9.82. The van der Waals surface area contributed by atoms with Gasteiger partial charge in [-0.1, -0.05) is 24.3 Å². The van der Waals surface area contributed by atoms with Gasteiger partial charge in [-0.05, 0) is 79.5 Å². The molecule has 0 spiro atoms. The summed E-state index contributed by atoms with van der Waals surface area (Å²) in [5.74, 6) is 2.34. The van der Waals surface area contributed by atoms with Gasteiger partial charge in [-0.3, -0.25) is 4.90 Å². The first kappa shape index (κ1) is 20.4. The number of ether oxygens (including phenoxy) is 1. The number of benzene rings is 2. The summed E-state index contributed by atoms with van der Waals surface area (Å²) in [6.07, 6.45) is 5.06. The molecule has 28 heavy (non-hydrogen) atoms. The van der Waals surface area contributed by atoms with Crippen molar-refractivity contribution in [2.24, 2.45) is 17.6 Å². The second-order valence-electron chi connectivity index (χ2n) is 7.95. The van der Waals surface area contributed by atoms with Crippen LogP contribution in [0.25, 0.3) is 0 Å². The van der Waals surface area contributed by atoms with Gasteiger partial charge < -0.3 is 10.5 Å². The fraction of sp³-hybridized carbons (Fsp3) is 0.458. The molecule has 2 aromatic carbocycles. The lowest BCUT2D eigenvalue weighted by Gasteiger charge is -2.32. The van der Waals surface area contributed by atoms with Gasteiger partial charge in [-0.15, -0.1) is 0 Å². The summed E-state index contributed by atoms with van der Waals surface area (Å²) in [7, 11) is 1.70. The molecule has 0 bridgehead atoms. The minimum atomic E-state index is 0.713. The molecule has 3 rings (SSSR count). The Morgan fingerprint density at radius 1 is 0.929 bits per heavy atom. The van der Waals surface area contributed by atoms with Crippen molar-refractivity contribution in [2.75, 3.05) is 20.2 Å². The van der Waals surface area contributed by atoms with E-state index < -0.39 is 0 Å². The van der Waals surface area contributed by atoms with Crippen LogP contribution < -0.4 is 10.5 Å². The van der Waals surface area contributed by atoms with Gasteiger partial charge in [0.05, 0.1) is 18.7 Å². The van der Waals surface area contributed by atoms with Gasteiger partial charge in [-0.25, -0.2) is 0 Å². The highest BCUT2D eigenvalue weighted by atomic mass is 16.5. The molecule has 0 aliphatic heterocycles. The van der Waals surface area contributed by atoms with E-state index in [-0.39, 0.29) is 0 Å². The molecule has 4 heteroatoms. The highest BCUT2D eigenvalue weighted by molar-refractivity contribution is 5.32. The number of nitriles is 1. The zero-order valence-electron chi connectivity index (χ0n) is 16.8. The second kappa shape index (κ2) is 10.3. The van der Waals surface area contributed by atoms with E-state index in [2.05, 4.69) is 35.2 Å². The van der Waals surface area contributed by atoms with Crippen molar-refractivity contribution in [3.05, 3.63) is 65.2 Å². The van der Waals surface area contributed by atoms with Crippen LogP contribution in [0, 0.1) is 23.2 Å². The lowest BCUT2D eigenvalue weighted by molar-refractivity contribution is 0.170. The van der Waals surface area contributed by atoms with Gasteiger partial charge in [-0.2, -0.15) is 5.26 Å². The number of hydrogen-bond acceptors (Lipinski definition) is 4. The maximum absolute atomic E-state index is 9.03. The van der Waals surface area contributed by atoms with Gasteiger partial charge in [0.1, 0.15) is 5.75 Å². The van der Waals surface area contributed by atoms with E-state index in [0.29, 0.717) is 11.5 Å². The quantitative estimate of drug-likeness (QED) is 0.743. The van der Waals surface area contributed by atoms with Crippen LogP contribution in [-0.2, 0) is 13.1 Å². The summed E-state index contributed by atoms with van der Waals surface area (Å²) in [5, 5.41) is 9.03. The summed E-state index contributed by atoms with van der Waals surface area (Å²) in [6.45, 7) is 3.74. The average molecular weight is 378 g/mol. The molecule has 1 fully saturated rings. The van der Waals surface area contributed by atoms with Gasteiger partial charge >= 0.3 is 0 Å². The van der Waals surface area contributed by atoms with Crippen LogP contribution in [0.5, 0.6) is 5.75 Å². The van der Waals surface area contributed by atoms with E-state index >= 15 is 0 Å². The minimum absolute atomic E-state index is 0.713. The van der Waals surface area contributed by atoms with Gasteiger partial charge in [0.2, 0.25) is 0 Å². The molecule has 0 amide bonds. The SMILES string of the molecule is COc1ccc(CN(Cc2ccc(C#N)cc2)CC2CCC(CN)CC2)cc1. The van der Waals surface area contributed by atoms with Crippen molar-refractivity contribution in [1.29, 1.82) is 5.26 Å². The molecular weight excluding hydrogens is 346 g/mol. The molecule has 0 atom stereocenters. The van der Waals surface area contributed by atoms with Crippen molar-refractivity contribution in [1.82, 2.24) is 4.90 Å².